The Morgan fingerprint density at radius 1 is 1.22 bits per heavy atom. The summed E-state index contributed by atoms with van der Waals surface area (Å²) in [5.74, 6) is -1.34. The number of hydrogen-bond acceptors (Lipinski definition) is 5. The van der Waals surface area contributed by atoms with Gasteiger partial charge in [0.05, 0.1) is 6.04 Å². The van der Waals surface area contributed by atoms with Crippen LogP contribution >= 0.6 is 0 Å². The Bertz CT molecular complexity index is 536. The van der Waals surface area contributed by atoms with Gasteiger partial charge in [-0.25, -0.2) is 4.79 Å². The third-order valence-electron chi connectivity index (χ3n) is 4.55. The van der Waals surface area contributed by atoms with Gasteiger partial charge < -0.3 is 20.3 Å². The first kappa shape index (κ1) is 23.4. The third kappa shape index (κ3) is 5.67. The fourth-order valence-corrected chi connectivity index (χ4v) is 3.57. The van der Waals surface area contributed by atoms with Crippen molar-refractivity contribution in [3.05, 3.63) is 0 Å². The molecule has 1 saturated heterocycles. The molecule has 2 N–H and O–H groups in total. The number of carbonyl (C=O) groups excluding carboxylic acids is 3. The summed E-state index contributed by atoms with van der Waals surface area (Å²) in [6.07, 6.45) is 1.82. The van der Waals surface area contributed by atoms with Crippen LogP contribution in [0.4, 0.5) is 0 Å². The highest BCUT2D eigenvalue weighted by atomic mass is 16.6. The maximum atomic E-state index is 13.4. The SMILES string of the molecule is CCNC(=O)[C@@](CC(C)C)(C(=O)OC(C)(C)C)N(CC)C(=O)[C@@H]1CCCN1. The van der Waals surface area contributed by atoms with E-state index in [2.05, 4.69) is 10.6 Å². The van der Waals surface area contributed by atoms with Crippen LogP contribution in [0.1, 0.15) is 67.7 Å². The summed E-state index contributed by atoms with van der Waals surface area (Å²) >= 11 is 0. The molecule has 0 unspecified atom stereocenters. The van der Waals surface area contributed by atoms with Crippen molar-refractivity contribution in [2.45, 2.75) is 84.9 Å². The molecular formula is C20H37N3O4. The Morgan fingerprint density at radius 3 is 2.26 bits per heavy atom. The predicted molar refractivity (Wildman–Crippen MR) is 105 cm³/mol. The second-order valence-electron chi connectivity index (χ2n) is 8.55. The number of rotatable bonds is 8. The highest BCUT2D eigenvalue weighted by molar-refractivity contribution is 6.10. The molecule has 0 aromatic carbocycles. The molecule has 7 nitrogen and oxygen atoms in total. The first-order valence-electron chi connectivity index (χ1n) is 10.1. The normalized spacial score (nSPS) is 19.5. The maximum absolute atomic E-state index is 13.4. The molecule has 0 aromatic heterocycles. The molecule has 0 saturated carbocycles. The van der Waals surface area contributed by atoms with Gasteiger partial charge in [0.2, 0.25) is 11.4 Å². The lowest BCUT2D eigenvalue weighted by Gasteiger charge is -2.43. The van der Waals surface area contributed by atoms with Gasteiger partial charge in [-0.3, -0.25) is 9.59 Å². The van der Waals surface area contributed by atoms with E-state index < -0.39 is 23.0 Å². The van der Waals surface area contributed by atoms with E-state index in [4.69, 9.17) is 4.74 Å². The Labute approximate surface area is 163 Å². The summed E-state index contributed by atoms with van der Waals surface area (Å²) in [4.78, 5) is 41.3. The molecule has 1 rings (SSSR count). The van der Waals surface area contributed by atoms with Crippen LogP contribution in [0, 0.1) is 5.92 Å². The van der Waals surface area contributed by atoms with Gasteiger partial charge in [-0.05, 0) is 66.3 Å². The minimum atomic E-state index is -1.67. The van der Waals surface area contributed by atoms with Gasteiger partial charge in [-0.2, -0.15) is 0 Å². The van der Waals surface area contributed by atoms with Gasteiger partial charge in [-0.15, -0.1) is 0 Å². The van der Waals surface area contributed by atoms with Crippen LogP contribution in [0.25, 0.3) is 0 Å². The van der Waals surface area contributed by atoms with E-state index in [1.165, 1.54) is 4.90 Å². The quantitative estimate of drug-likeness (QED) is 0.493. The largest absolute Gasteiger partial charge is 0.458 e. The smallest absolute Gasteiger partial charge is 0.342 e. The van der Waals surface area contributed by atoms with Gasteiger partial charge in [0, 0.05) is 13.1 Å². The van der Waals surface area contributed by atoms with Crippen LogP contribution in [0.3, 0.4) is 0 Å². The lowest BCUT2D eigenvalue weighted by Crippen LogP contribution is -2.68. The summed E-state index contributed by atoms with van der Waals surface area (Å²) in [6.45, 7) is 14.1. The number of carbonyl (C=O) groups is 3. The Morgan fingerprint density at radius 2 is 1.85 bits per heavy atom. The van der Waals surface area contributed by atoms with Gasteiger partial charge in [0.1, 0.15) is 5.60 Å². The Hall–Kier alpha value is -1.63. The summed E-state index contributed by atoms with van der Waals surface area (Å²) in [7, 11) is 0. The van der Waals surface area contributed by atoms with Crippen molar-refractivity contribution < 1.29 is 19.1 Å². The van der Waals surface area contributed by atoms with Crippen molar-refractivity contribution in [3.63, 3.8) is 0 Å². The standard InChI is InChI=1S/C20H37N3O4/c1-8-21-17(25)20(13-14(3)4,18(26)27-19(5,6)7)23(9-2)16(24)15-11-10-12-22-15/h14-15,22H,8-13H2,1-7H3,(H,21,25)/t15-,20-/m0/s1. The molecule has 27 heavy (non-hydrogen) atoms. The molecule has 156 valence electrons. The first-order chi connectivity index (χ1) is 12.5. The average molecular weight is 384 g/mol. The van der Waals surface area contributed by atoms with Gasteiger partial charge in [0.25, 0.3) is 5.91 Å². The van der Waals surface area contributed by atoms with Crippen LogP contribution in [0.15, 0.2) is 0 Å². The summed E-state index contributed by atoms with van der Waals surface area (Å²) in [5, 5.41) is 5.94. The molecule has 1 aliphatic heterocycles. The highest BCUT2D eigenvalue weighted by Crippen LogP contribution is 2.30. The first-order valence-corrected chi connectivity index (χ1v) is 10.1. The van der Waals surface area contributed by atoms with Crippen molar-refractivity contribution in [1.82, 2.24) is 15.5 Å². The number of likely N-dealkylation sites (N-methyl/N-ethyl adjacent to an activating group) is 2. The molecular weight excluding hydrogens is 346 g/mol. The van der Waals surface area contributed by atoms with E-state index in [9.17, 15) is 14.4 Å². The molecule has 0 bridgehead atoms. The van der Waals surface area contributed by atoms with E-state index >= 15 is 0 Å². The van der Waals surface area contributed by atoms with E-state index in [0.717, 1.165) is 13.0 Å². The maximum Gasteiger partial charge on any atom is 0.342 e. The molecule has 0 aromatic rings. The third-order valence-corrected chi connectivity index (χ3v) is 4.55. The van der Waals surface area contributed by atoms with Crippen LogP contribution in [0.2, 0.25) is 0 Å². The summed E-state index contributed by atoms with van der Waals surface area (Å²) in [5.41, 5.74) is -2.44. The van der Waals surface area contributed by atoms with Crippen LogP contribution in [-0.2, 0) is 19.1 Å². The van der Waals surface area contributed by atoms with Crippen molar-refractivity contribution in [2.24, 2.45) is 5.92 Å². The molecule has 7 heteroatoms. The molecule has 2 amide bonds. The monoisotopic (exact) mass is 383 g/mol. The minimum Gasteiger partial charge on any atom is -0.458 e. The number of nitrogens with one attached hydrogen (secondary N) is 2. The van der Waals surface area contributed by atoms with Crippen molar-refractivity contribution in [3.8, 4) is 0 Å². The minimum absolute atomic E-state index is 0.0125. The molecule has 2 atom stereocenters. The van der Waals surface area contributed by atoms with Gasteiger partial charge in [0.15, 0.2) is 0 Å². The molecule has 0 aliphatic carbocycles. The molecule has 0 spiro atoms. The Balaban J connectivity index is 3.46. The van der Waals surface area contributed by atoms with E-state index in [1.807, 2.05) is 13.8 Å². The van der Waals surface area contributed by atoms with E-state index in [1.54, 1.807) is 34.6 Å². The number of esters is 1. The fourth-order valence-electron chi connectivity index (χ4n) is 3.57. The lowest BCUT2D eigenvalue weighted by atomic mass is 9.84. The molecule has 1 fully saturated rings. The molecule has 1 aliphatic rings. The summed E-state index contributed by atoms with van der Waals surface area (Å²) in [6, 6.07) is -0.367. The van der Waals surface area contributed by atoms with E-state index in [-0.39, 0.29) is 30.8 Å². The fraction of sp³-hybridized carbons (Fsp3) is 0.850. The van der Waals surface area contributed by atoms with Crippen LogP contribution in [0.5, 0.6) is 0 Å². The number of ether oxygens (including phenoxy) is 1. The van der Waals surface area contributed by atoms with Gasteiger partial charge >= 0.3 is 5.97 Å². The predicted octanol–water partition coefficient (Wildman–Crippen LogP) is 1.85. The Kier molecular flexibility index (Phi) is 8.26. The topological polar surface area (TPSA) is 87.7 Å². The zero-order valence-corrected chi connectivity index (χ0v) is 18.0. The van der Waals surface area contributed by atoms with Crippen molar-refractivity contribution >= 4 is 17.8 Å². The van der Waals surface area contributed by atoms with Crippen molar-refractivity contribution in [1.29, 1.82) is 0 Å². The molecule has 0 radical (unpaired) electrons. The summed E-state index contributed by atoms with van der Waals surface area (Å²) < 4.78 is 5.65. The van der Waals surface area contributed by atoms with Gasteiger partial charge in [-0.1, -0.05) is 13.8 Å². The lowest BCUT2D eigenvalue weighted by molar-refractivity contribution is -0.179. The molecule has 1 heterocycles. The number of amides is 2. The zero-order valence-electron chi connectivity index (χ0n) is 18.0. The second kappa shape index (κ2) is 9.53. The van der Waals surface area contributed by atoms with E-state index in [0.29, 0.717) is 13.0 Å². The highest BCUT2D eigenvalue weighted by Gasteiger charge is 2.55. The van der Waals surface area contributed by atoms with Crippen LogP contribution in [-0.4, -0.2) is 59.5 Å². The average Bonchev–Trinajstić information content (AvgIpc) is 3.06. The zero-order chi connectivity index (χ0) is 20.8. The number of nitrogens with zero attached hydrogens (tertiary/aromatic N) is 1. The second-order valence-corrected chi connectivity index (χ2v) is 8.55. The number of hydrogen-bond donors (Lipinski definition) is 2. The van der Waals surface area contributed by atoms with Crippen LogP contribution < -0.4 is 10.6 Å². The van der Waals surface area contributed by atoms with Crippen molar-refractivity contribution in [2.75, 3.05) is 19.6 Å².